The van der Waals surface area contributed by atoms with E-state index in [4.69, 9.17) is 0 Å². The summed E-state index contributed by atoms with van der Waals surface area (Å²) < 4.78 is 5.21. The first-order chi connectivity index (χ1) is 9.24. The highest BCUT2D eigenvalue weighted by molar-refractivity contribution is 9.10. The second-order valence-corrected chi connectivity index (χ2v) is 6.08. The van der Waals surface area contributed by atoms with Gasteiger partial charge in [0.15, 0.2) is 0 Å². The van der Waals surface area contributed by atoms with E-state index in [-0.39, 0.29) is 0 Å². The van der Waals surface area contributed by atoms with E-state index < -0.39 is 0 Å². The maximum atomic E-state index is 4.21. The third-order valence-corrected chi connectivity index (χ3v) is 4.45. The molecule has 0 aliphatic heterocycles. The molecular formula is C14H18BrN3S. The van der Waals surface area contributed by atoms with Crippen LogP contribution >= 0.6 is 27.5 Å². The van der Waals surface area contributed by atoms with Crippen molar-refractivity contribution in [2.45, 2.75) is 32.7 Å². The van der Waals surface area contributed by atoms with E-state index in [1.54, 1.807) is 0 Å². The fourth-order valence-electron chi connectivity index (χ4n) is 2.09. The van der Waals surface area contributed by atoms with Gasteiger partial charge in [-0.25, -0.2) is 0 Å². The normalized spacial score (nSPS) is 12.6. The summed E-state index contributed by atoms with van der Waals surface area (Å²) in [5.74, 6) is 0. The number of halogens is 1. The Hall–Kier alpha value is -0.780. The zero-order chi connectivity index (χ0) is 13.7. The molecule has 0 radical (unpaired) electrons. The van der Waals surface area contributed by atoms with E-state index >= 15 is 0 Å². The quantitative estimate of drug-likeness (QED) is 0.870. The van der Waals surface area contributed by atoms with Crippen molar-refractivity contribution in [1.29, 1.82) is 0 Å². The lowest BCUT2D eigenvalue weighted by molar-refractivity contribution is 0.553. The number of nitrogens with one attached hydrogen (secondary N) is 1. The molecule has 0 fully saturated rings. The number of likely N-dealkylation sites (N-methyl/N-ethyl adjacent to an activating group) is 1. The number of aromatic nitrogens is 2. The Morgan fingerprint density at radius 1 is 1.26 bits per heavy atom. The molecule has 19 heavy (non-hydrogen) atoms. The Morgan fingerprint density at radius 3 is 2.63 bits per heavy atom. The van der Waals surface area contributed by atoms with Gasteiger partial charge in [-0.1, -0.05) is 46.4 Å². The van der Waals surface area contributed by atoms with Gasteiger partial charge in [-0.2, -0.15) is 0 Å². The van der Waals surface area contributed by atoms with Crippen molar-refractivity contribution in [3.63, 3.8) is 0 Å². The molecule has 1 aromatic carbocycles. The predicted octanol–water partition coefficient (Wildman–Crippen LogP) is 3.76. The summed E-state index contributed by atoms with van der Waals surface area (Å²) in [5.41, 5.74) is 2.44. The molecule has 3 nitrogen and oxygen atoms in total. The van der Waals surface area contributed by atoms with E-state index in [0.29, 0.717) is 6.04 Å². The summed E-state index contributed by atoms with van der Waals surface area (Å²) in [6, 6.07) is 8.80. The van der Waals surface area contributed by atoms with Gasteiger partial charge < -0.3 is 5.32 Å². The van der Waals surface area contributed by atoms with E-state index in [1.807, 2.05) is 0 Å². The molecule has 1 heterocycles. The average molecular weight is 340 g/mol. The van der Waals surface area contributed by atoms with Crippen LogP contribution in [0.1, 0.15) is 36.0 Å². The van der Waals surface area contributed by atoms with Crippen LogP contribution in [0.4, 0.5) is 0 Å². The summed E-state index contributed by atoms with van der Waals surface area (Å²) >= 11 is 4.98. The summed E-state index contributed by atoms with van der Waals surface area (Å²) in [6.45, 7) is 5.21. The van der Waals surface area contributed by atoms with Crippen molar-refractivity contribution in [1.82, 2.24) is 14.9 Å². The van der Waals surface area contributed by atoms with Crippen molar-refractivity contribution < 1.29 is 0 Å². The van der Waals surface area contributed by atoms with Gasteiger partial charge in [-0.05, 0) is 48.6 Å². The first kappa shape index (κ1) is 14.6. The van der Waals surface area contributed by atoms with Crippen molar-refractivity contribution in [3.05, 3.63) is 44.9 Å². The largest absolute Gasteiger partial charge is 0.309 e. The third-order valence-electron chi connectivity index (χ3n) is 3.04. The van der Waals surface area contributed by atoms with Crippen LogP contribution in [0, 0.1) is 0 Å². The first-order valence-corrected chi connectivity index (χ1v) is 8.10. The number of rotatable bonds is 6. The molecule has 2 aromatic rings. The number of hydrogen-bond donors (Lipinski definition) is 1. The van der Waals surface area contributed by atoms with E-state index in [0.717, 1.165) is 29.6 Å². The molecule has 0 aliphatic rings. The molecule has 5 heteroatoms. The van der Waals surface area contributed by atoms with Crippen LogP contribution < -0.4 is 5.32 Å². The standard InChI is InChI=1S/C14H18BrN3S/c1-3-12-14(19-18-17-12)13(16-4-2)9-10-5-7-11(15)8-6-10/h5-8,13,16H,3-4,9H2,1-2H3. The summed E-state index contributed by atoms with van der Waals surface area (Å²) in [5, 5.41) is 7.76. The number of nitrogens with zero attached hydrogens (tertiary/aromatic N) is 2. The summed E-state index contributed by atoms with van der Waals surface area (Å²) in [4.78, 5) is 1.27. The molecule has 0 saturated heterocycles. The van der Waals surface area contributed by atoms with Crippen LogP contribution in [0.2, 0.25) is 0 Å². The average Bonchev–Trinajstić information content (AvgIpc) is 2.89. The van der Waals surface area contributed by atoms with E-state index in [9.17, 15) is 0 Å². The molecular weight excluding hydrogens is 322 g/mol. The van der Waals surface area contributed by atoms with Gasteiger partial charge in [0.05, 0.1) is 10.6 Å². The van der Waals surface area contributed by atoms with Gasteiger partial charge in [0.2, 0.25) is 0 Å². The van der Waals surface area contributed by atoms with Gasteiger partial charge in [0, 0.05) is 10.5 Å². The smallest absolute Gasteiger partial charge is 0.0801 e. The van der Waals surface area contributed by atoms with Crippen molar-refractivity contribution in [2.24, 2.45) is 0 Å². The first-order valence-electron chi connectivity index (χ1n) is 6.53. The molecule has 1 N–H and O–H groups in total. The molecule has 0 bridgehead atoms. The number of benzene rings is 1. The summed E-state index contributed by atoms with van der Waals surface area (Å²) in [6.07, 6.45) is 1.91. The van der Waals surface area contributed by atoms with Crippen LogP contribution in [-0.2, 0) is 12.8 Å². The van der Waals surface area contributed by atoms with Gasteiger partial charge in [-0.3, -0.25) is 0 Å². The second kappa shape index (κ2) is 7.12. The minimum absolute atomic E-state index is 0.307. The molecule has 102 valence electrons. The monoisotopic (exact) mass is 339 g/mol. The molecule has 1 atom stereocenters. The van der Waals surface area contributed by atoms with Crippen molar-refractivity contribution in [3.8, 4) is 0 Å². The van der Waals surface area contributed by atoms with Gasteiger partial charge in [-0.15, -0.1) is 5.10 Å². The zero-order valence-electron chi connectivity index (χ0n) is 11.2. The van der Waals surface area contributed by atoms with E-state index in [2.05, 4.69) is 68.9 Å². The fraction of sp³-hybridized carbons (Fsp3) is 0.429. The number of aryl methyl sites for hydroxylation is 1. The predicted molar refractivity (Wildman–Crippen MR) is 83.6 cm³/mol. The molecule has 0 amide bonds. The maximum absolute atomic E-state index is 4.21. The SMILES string of the molecule is CCNC(Cc1ccc(Br)cc1)c1snnc1CC. The lowest BCUT2D eigenvalue weighted by atomic mass is 10.0. The van der Waals surface area contributed by atoms with E-state index in [1.165, 1.54) is 22.0 Å². The van der Waals surface area contributed by atoms with Crippen LogP contribution in [0.25, 0.3) is 0 Å². The third kappa shape index (κ3) is 3.84. The van der Waals surface area contributed by atoms with Crippen LogP contribution in [0.3, 0.4) is 0 Å². The minimum atomic E-state index is 0.307. The van der Waals surface area contributed by atoms with Crippen molar-refractivity contribution in [2.75, 3.05) is 6.54 Å². The lowest BCUT2D eigenvalue weighted by Gasteiger charge is -2.17. The van der Waals surface area contributed by atoms with Gasteiger partial charge in [0.25, 0.3) is 0 Å². The minimum Gasteiger partial charge on any atom is -0.309 e. The zero-order valence-corrected chi connectivity index (χ0v) is 13.6. The fourth-order valence-corrected chi connectivity index (χ4v) is 3.16. The maximum Gasteiger partial charge on any atom is 0.0801 e. The van der Waals surface area contributed by atoms with Gasteiger partial charge in [0.1, 0.15) is 0 Å². The molecule has 1 unspecified atom stereocenters. The highest BCUT2D eigenvalue weighted by Crippen LogP contribution is 2.25. The molecule has 0 saturated carbocycles. The Morgan fingerprint density at radius 2 is 2.00 bits per heavy atom. The topological polar surface area (TPSA) is 37.8 Å². The lowest BCUT2D eigenvalue weighted by Crippen LogP contribution is -2.23. The Kier molecular flexibility index (Phi) is 5.48. The highest BCUT2D eigenvalue weighted by atomic mass is 79.9. The van der Waals surface area contributed by atoms with Crippen LogP contribution in [0.5, 0.6) is 0 Å². The highest BCUT2D eigenvalue weighted by Gasteiger charge is 2.18. The molecule has 1 aromatic heterocycles. The second-order valence-electron chi connectivity index (χ2n) is 4.38. The molecule has 0 aliphatic carbocycles. The number of hydrogen-bond acceptors (Lipinski definition) is 4. The Labute approximate surface area is 126 Å². The molecule has 0 spiro atoms. The Bertz CT molecular complexity index is 510. The van der Waals surface area contributed by atoms with Crippen LogP contribution in [0.15, 0.2) is 28.7 Å². The van der Waals surface area contributed by atoms with Crippen molar-refractivity contribution >= 4 is 27.5 Å². The Balaban J connectivity index is 2.18. The van der Waals surface area contributed by atoms with Gasteiger partial charge >= 0.3 is 0 Å². The van der Waals surface area contributed by atoms with Crippen LogP contribution in [-0.4, -0.2) is 16.1 Å². The summed E-state index contributed by atoms with van der Waals surface area (Å²) in [7, 11) is 0. The molecule has 2 rings (SSSR count).